The molecule has 0 spiro atoms. The highest BCUT2D eigenvalue weighted by Gasteiger charge is 2.32. The minimum Gasteiger partial charge on any atom is -0.305 e. The van der Waals surface area contributed by atoms with Crippen LogP contribution in [0.15, 0.2) is 30.3 Å². The first-order chi connectivity index (χ1) is 8.49. The molecule has 1 heterocycles. The van der Waals surface area contributed by atoms with Crippen LogP contribution >= 0.6 is 0 Å². The molecule has 0 saturated carbocycles. The molecule has 1 aromatic carbocycles. The van der Waals surface area contributed by atoms with E-state index in [0.717, 1.165) is 12.0 Å². The number of sulfonamides is 1. The first-order valence-electron chi connectivity index (χ1n) is 6.17. The van der Waals surface area contributed by atoms with Crippen LogP contribution in [-0.4, -0.2) is 50.8 Å². The second kappa shape index (κ2) is 5.38. The lowest BCUT2D eigenvalue weighted by molar-refractivity contribution is 0.302. The Labute approximate surface area is 109 Å². The molecule has 5 heteroatoms. The van der Waals surface area contributed by atoms with Gasteiger partial charge in [0.1, 0.15) is 0 Å². The average Bonchev–Trinajstić information content (AvgIpc) is 2.79. The van der Waals surface area contributed by atoms with E-state index >= 15 is 0 Å². The van der Waals surface area contributed by atoms with E-state index in [9.17, 15) is 8.42 Å². The maximum Gasteiger partial charge on any atom is 0.218 e. The Morgan fingerprint density at radius 2 is 1.94 bits per heavy atom. The molecule has 4 nitrogen and oxygen atoms in total. The van der Waals surface area contributed by atoms with Crippen molar-refractivity contribution in [1.29, 1.82) is 0 Å². The summed E-state index contributed by atoms with van der Waals surface area (Å²) in [6.07, 6.45) is 0.918. The van der Waals surface area contributed by atoms with E-state index in [2.05, 4.69) is 4.90 Å². The maximum atomic E-state index is 12.3. The molecule has 2 rings (SSSR count). The molecule has 0 aromatic heterocycles. The number of benzene rings is 1. The van der Waals surface area contributed by atoms with E-state index in [4.69, 9.17) is 0 Å². The summed E-state index contributed by atoms with van der Waals surface area (Å²) in [5, 5.41) is 0. The van der Waals surface area contributed by atoms with Crippen LogP contribution in [0.3, 0.4) is 0 Å². The standard InChI is InChI=1S/C13H20N2O2S/c1-14(2)13-8-9-15(10-13)18(16,17)11-12-6-4-3-5-7-12/h3-7,13H,8-11H2,1-2H3. The molecule has 0 radical (unpaired) electrons. The number of rotatable bonds is 4. The third kappa shape index (κ3) is 3.10. The summed E-state index contributed by atoms with van der Waals surface area (Å²) in [6, 6.07) is 9.70. The van der Waals surface area contributed by atoms with Gasteiger partial charge in [0, 0.05) is 19.1 Å². The molecular formula is C13H20N2O2S. The van der Waals surface area contributed by atoms with Gasteiger partial charge in [0.05, 0.1) is 5.75 Å². The highest BCUT2D eigenvalue weighted by Crippen LogP contribution is 2.19. The Morgan fingerprint density at radius 1 is 1.28 bits per heavy atom. The van der Waals surface area contributed by atoms with Gasteiger partial charge in [-0.15, -0.1) is 0 Å². The van der Waals surface area contributed by atoms with Gasteiger partial charge in [-0.25, -0.2) is 12.7 Å². The van der Waals surface area contributed by atoms with Gasteiger partial charge in [-0.2, -0.15) is 0 Å². The quantitative estimate of drug-likeness (QED) is 0.822. The fourth-order valence-corrected chi connectivity index (χ4v) is 3.84. The van der Waals surface area contributed by atoms with Gasteiger partial charge >= 0.3 is 0 Å². The highest BCUT2D eigenvalue weighted by molar-refractivity contribution is 7.88. The zero-order chi connectivity index (χ0) is 13.2. The summed E-state index contributed by atoms with van der Waals surface area (Å²) in [6.45, 7) is 1.25. The van der Waals surface area contributed by atoms with Crippen LogP contribution in [0, 0.1) is 0 Å². The van der Waals surface area contributed by atoms with Crippen molar-refractivity contribution in [1.82, 2.24) is 9.21 Å². The summed E-state index contributed by atoms with van der Waals surface area (Å²) < 4.78 is 26.2. The van der Waals surface area contributed by atoms with Gasteiger partial charge in [0.25, 0.3) is 0 Å². The van der Waals surface area contributed by atoms with Crippen LogP contribution in [0.5, 0.6) is 0 Å². The lowest BCUT2D eigenvalue weighted by Gasteiger charge is -2.20. The molecule has 1 saturated heterocycles. The van der Waals surface area contributed by atoms with Crippen molar-refractivity contribution >= 4 is 10.0 Å². The third-order valence-electron chi connectivity index (χ3n) is 3.44. The molecule has 1 fully saturated rings. The molecule has 1 aliphatic heterocycles. The van der Waals surface area contributed by atoms with Crippen LogP contribution in [-0.2, 0) is 15.8 Å². The van der Waals surface area contributed by atoms with Crippen LogP contribution in [0.4, 0.5) is 0 Å². The van der Waals surface area contributed by atoms with Gasteiger partial charge in [-0.3, -0.25) is 0 Å². The smallest absolute Gasteiger partial charge is 0.218 e. The summed E-state index contributed by atoms with van der Waals surface area (Å²) >= 11 is 0. The van der Waals surface area contributed by atoms with E-state index in [0.29, 0.717) is 19.1 Å². The molecule has 100 valence electrons. The van der Waals surface area contributed by atoms with Crippen LogP contribution in [0.1, 0.15) is 12.0 Å². The second-order valence-corrected chi connectivity index (χ2v) is 6.97. The number of hydrogen-bond donors (Lipinski definition) is 0. The Kier molecular flexibility index (Phi) is 4.04. The molecular weight excluding hydrogens is 248 g/mol. The molecule has 0 bridgehead atoms. The van der Waals surface area contributed by atoms with Crippen molar-refractivity contribution in [3.05, 3.63) is 35.9 Å². The Morgan fingerprint density at radius 3 is 2.50 bits per heavy atom. The zero-order valence-electron chi connectivity index (χ0n) is 10.9. The zero-order valence-corrected chi connectivity index (χ0v) is 11.7. The van der Waals surface area contributed by atoms with Gasteiger partial charge in [-0.05, 0) is 26.1 Å². The number of likely N-dealkylation sites (N-methyl/N-ethyl adjacent to an activating group) is 1. The van der Waals surface area contributed by atoms with Crippen molar-refractivity contribution in [2.45, 2.75) is 18.2 Å². The summed E-state index contributed by atoms with van der Waals surface area (Å²) in [4.78, 5) is 2.10. The Bertz CT molecular complexity index is 485. The fourth-order valence-electron chi connectivity index (χ4n) is 2.26. The van der Waals surface area contributed by atoms with Crippen LogP contribution in [0.25, 0.3) is 0 Å². The maximum absolute atomic E-state index is 12.3. The van der Waals surface area contributed by atoms with Crippen molar-refractivity contribution in [2.24, 2.45) is 0 Å². The monoisotopic (exact) mass is 268 g/mol. The van der Waals surface area contributed by atoms with Gasteiger partial charge in [0.2, 0.25) is 10.0 Å². The molecule has 0 amide bonds. The molecule has 0 aliphatic carbocycles. The number of nitrogens with zero attached hydrogens (tertiary/aromatic N) is 2. The van der Waals surface area contributed by atoms with Crippen molar-refractivity contribution in [2.75, 3.05) is 27.2 Å². The lowest BCUT2D eigenvalue weighted by atomic mass is 10.2. The van der Waals surface area contributed by atoms with E-state index in [-0.39, 0.29) is 5.75 Å². The normalized spacial score (nSPS) is 21.6. The first kappa shape index (κ1) is 13.5. The SMILES string of the molecule is CN(C)C1CCN(S(=O)(=O)Cc2ccccc2)C1. The van der Waals surface area contributed by atoms with Crippen LogP contribution in [0.2, 0.25) is 0 Å². The van der Waals surface area contributed by atoms with Gasteiger partial charge in [0.15, 0.2) is 0 Å². The highest BCUT2D eigenvalue weighted by atomic mass is 32.2. The Hall–Kier alpha value is -0.910. The summed E-state index contributed by atoms with van der Waals surface area (Å²) in [5.41, 5.74) is 0.853. The topological polar surface area (TPSA) is 40.6 Å². The summed E-state index contributed by atoms with van der Waals surface area (Å²) in [7, 11) is 0.823. The van der Waals surface area contributed by atoms with Crippen molar-refractivity contribution < 1.29 is 8.42 Å². The summed E-state index contributed by atoms with van der Waals surface area (Å²) in [5.74, 6) is 0.105. The van der Waals surface area contributed by atoms with Crippen molar-refractivity contribution in [3.63, 3.8) is 0 Å². The molecule has 1 aromatic rings. The first-order valence-corrected chi connectivity index (χ1v) is 7.78. The minimum absolute atomic E-state index is 0.105. The fraction of sp³-hybridized carbons (Fsp3) is 0.538. The third-order valence-corrected chi connectivity index (χ3v) is 5.26. The molecule has 18 heavy (non-hydrogen) atoms. The predicted octanol–water partition coefficient (Wildman–Crippen LogP) is 1.15. The largest absolute Gasteiger partial charge is 0.305 e. The predicted molar refractivity (Wildman–Crippen MR) is 72.7 cm³/mol. The van der Waals surface area contributed by atoms with Gasteiger partial charge < -0.3 is 4.90 Å². The molecule has 1 unspecified atom stereocenters. The van der Waals surface area contributed by atoms with Crippen LogP contribution < -0.4 is 0 Å². The van der Waals surface area contributed by atoms with E-state index in [1.807, 2.05) is 44.4 Å². The van der Waals surface area contributed by atoms with E-state index < -0.39 is 10.0 Å². The average molecular weight is 268 g/mol. The number of hydrogen-bond acceptors (Lipinski definition) is 3. The lowest BCUT2D eigenvalue weighted by Crippen LogP contribution is -2.35. The van der Waals surface area contributed by atoms with Crippen molar-refractivity contribution in [3.8, 4) is 0 Å². The van der Waals surface area contributed by atoms with E-state index in [1.165, 1.54) is 0 Å². The molecule has 1 atom stereocenters. The second-order valence-electron chi connectivity index (χ2n) is 5.01. The molecule has 0 N–H and O–H groups in total. The van der Waals surface area contributed by atoms with Gasteiger partial charge in [-0.1, -0.05) is 30.3 Å². The Balaban J connectivity index is 2.04. The molecule has 1 aliphatic rings. The van der Waals surface area contributed by atoms with E-state index in [1.54, 1.807) is 4.31 Å². The minimum atomic E-state index is -3.17.